The molecule has 0 saturated carbocycles. The van der Waals surface area contributed by atoms with Crippen molar-refractivity contribution >= 4 is 5.97 Å². The number of hydrogen-bond acceptors (Lipinski definition) is 3. The second-order valence-corrected chi connectivity index (χ2v) is 4.50. The van der Waals surface area contributed by atoms with Crippen molar-refractivity contribution in [3.63, 3.8) is 0 Å². The molecule has 2 aromatic rings. The number of nitrogens with zero attached hydrogens (tertiary/aromatic N) is 1. The first-order valence-electron chi connectivity index (χ1n) is 6.43. The number of esters is 1. The molecule has 0 fully saturated rings. The van der Waals surface area contributed by atoms with E-state index >= 15 is 0 Å². The van der Waals surface area contributed by atoms with Gasteiger partial charge in [-0.15, -0.1) is 0 Å². The van der Waals surface area contributed by atoms with Crippen LogP contribution in [0.25, 0.3) is 0 Å². The monoisotopic (exact) mass is 265 g/mol. The van der Waals surface area contributed by atoms with Crippen LogP contribution in [0.1, 0.15) is 28.4 Å². The van der Waals surface area contributed by atoms with Crippen LogP contribution in [-0.2, 0) is 11.2 Å². The van der Waals surface area contributed by atoms with Crippen molar-refractivity contribution in [1.29, 1.82) is 5.26 Å². The molecule has 0 aliphatic carbocycles. The maximum atomic E-state index is 12.1. The van der Waals surface area contributed by atoms with Gasteiger partial charge in [-0.3, -0.25) is 0 Å². The van der Waals surface area contributed by atoms with Crippen molar-refractivity contribution < 1.29 is 9.53 Å². The van der Waals surface area contributed by atoms with E-state index in [1.807, 2.05) is 48.5 Å². The normalized spacial score (nSPS) is 11.4. The summed E-state index contributed by atoms with van der Waals surface area (Å²) >= 11 is 0. The molecule has 0 radical (unpaired) electrons. The third-order valence-electron chi connectivity index (χ3n) is 2.94. The lowest BCUT2D eigenvalue weighted by Gasteiger charge is -2.10. The molecular formula is C17H15NO2. The standard InChI is InChI=1S/C17H15NO2/c1-13(12-18)20-17(19)16-10-6-5-9-15(16)11-14-7-3-2-4-8-14/h2-10,13H,11H2,1H3. The molecule has 100 valence electrons. The maximum Gasteiger partial charge on any atom is 0.339 e. The Bertz CT molecular complexity index is 629. The fourth-order valence-corrected chi connectivity index (χ4v) is 1.94. The molecule has 3 heteroatoms. The number of nitriles is 1. The third kappa shape index (κ3) is 3.46. The van der Waals surface area contributed by atoms with Gasteiger partial charge in [-0.2, -0.15) is 5.26 Å². The number of rotatable bonds is 4. The summed E-state index contributed by atoms with van der Waals surface area (Å²) in [4.78, 5) is 12.1. The SMILES string of the molecule is CC(C#N)OC(=O)c1ccccc1Cc1ccccc1. The average molecular weight is 265 g/mol. The summed E-state index contributed by atoms with van der Waals surface area (Å²) in [6, 6.07) is 19.1. The second-order valence-electron chi connectivity index (χ2n) is 4.50. The molecule has 3 nitrogen and oxygen atoms in total. The predicted molar refractivity (Wildman–Crippen MR) is 76.2 cm³/mol. The third-order valence-corrected chi connectivity index (χ3v) is 2.94. The van der Waals surface area contributed by atoms with Crippen molar-refractivity contribution in [3.8, 4) is 6.07 Å². The molecule has 0 amide bonds. The topological polar surface area (TPSA) is 50.1 Å². The van der Waals surface area contributed by atoms with Crippen LogP contribution >= 0.6 is 0 Å². The van der Waals surface area contributed by atoms with Gasteiger partial charge in [-0.05, 0) is 30.5 Å². The van der Waals surface area contributed by atoms with Crippen molar-refractivity contribution in [2.75, 3.05) is 0 Å². The van der Waals surface area contributed by atoms with E-state index in [-0.39, 0.29) is 0 Å². The Morgan fingerprint density at radius 1 is 1.15 bits per heavy atom. The fourth-order valence-electron chi connectivity index (χ4n) is 1.94. The van der Waals surface area contributed by atoms with Gasteiger partial charge in [0.1, 0.15) is 6.07 Å². The number of carbonyl (C=O) groups excluding carboxylic acids is 1. The summed E-state index contributed by atoms with van der Waals surface area (Å²) in [5.74, 6) is -0.453. The summed E-state index contributed by atoms with van der Waals surface area (Å²) in [5, 5.41) is 8.71. The molecule has 0 aliphatic rings. The van der Waals surface area contributed by atoms with Gasteiger partial charge >= 0.3 is 5.97 Å². The minimum Gasteiger partial charge on any atom is -0.444 e. The van der Waals surface area contributed by atoms with Gasteiger partial charge < -0.3 is 4.74 Å². The van der Waals surface area contributed by atoms with Crippen molar-refractivity contribution in [3.05, 3.63) is 71.3 Å². The molecule has 1 unspecified atom stereocenters. The van der Waals surface area contributed by atoms with Crippen molar-refractivity contribution in [2.45, 2.75) is 19.4 Å². The van der Waals surface area contributed by atoms with Gasteiger partial charge in [0.15, 0.2) is 6.10 Å². The van der Waals surface area contributed by atoms with Crippen LogP contribution in [0, 0.1) is 11.3 Å². The van der Waals surface area contributed by atoms with E-state index in [9.17, 15) is 4.79 Å². The number of benzene rings is 2. The fraction of sp³-hybridized carbons (Fsp3) is 0.176. The summed E-state index contributed by atoms with van der Waals surface area (Å²) in [6.07, 6.45) is -0.0835. The minimum absolute atomic E-state index is 0.453. The zero-order valence-corrected chi connectivity index (χ0v) is 11.2. The van der Waals surface area contributed by atoms with Crippen molar-refractivity contribution in [2.24, 2.45) is 0 Å². The zero-order valence-electron chi connectivity index (χ0n) is 11.2. The Morgan fingerprint density at radius 2 is 1.80 bits per heavy atom. The van der Waals surface area contributed by atoms with E-state index in [2.05, 4.69) is 0 Å². The summed E-state index contributed by atoms with van der Waals surface area (Å²) in [5.41, 5.74) is 2.54. The van der Waals surface area contributed by atoms with Crippen LogP contribution in [0.3, 0.4) is 0 Å². The Labute approximate surface area is 118 Å². The molecule has 0 aliphatic heterocycles. The molecular weight excluding hydrogens is 250 g/mol. The van der Waals surface area contributed by atoms with Crippen LogP contribution in [0.2, 0.25) is 0 Å². The van der Waals surface area contributed by atoms with Crippen LogP contribution in [0.5, 0.6) is 0 Å². The van der Waals surface area contributed by atoms with Gasteiger partial charge in [0, 0.05) is 0 Å². The lowest BCUT2D eigenvalue weighted by Crippen LogP contribution is -2.14. The van der Waals surface area contributed by atoms with Crippen LogP contribution < -0.4 is 0 Å². The van der Waals surface area contributed by atoms with Crippen LogP contribution in [0.4, 0.5) is 0 Å². The highest BCUT2D eigenvalue weighted by Gasteiger charge is 2.15. The van der Waals surface area contributed by atoms with Crippen molar-refractivity contribution in [1.82, 2.24) is 0 Å². The molecule has 0 aromatic heterocycles. The van der Waals surface area contributed by atoms with Crippen LogP contribution in [0.15, 0.2) is 54.6 Å². The van der Waals surface area contributed by atoms with E-state index in [1.54, 1.807) is 19.1 Å². The zero-order chi connectivity index (χ0) is 14.4. The summed E-state index contributed by atoms with van der Waals surface area (Å²) in [7, 11) is 0. The predicted octanol–water partition coefficient (Wildman–Crippen LogP) is 3.35. The van der Waals surface area contributed by atoms with E-state index in [0.717, 1.165) is 11.1 Å². The second kappa shape index (κ2) is 6.53. The number of ether oxygens (including phenoxy) is 1. The number of carbonyl (C=O) groups is 1. The van der Waals surface area contributed by atoms with Gasteiger partial charge in [0.25, 0.3) is 0 Å². The first-order chi connectivity index (χ1) is 9.70. The Kier molecular flexibility index (Phi) is 4.52. The molecule has 0 N–H and O–H groups in total. The smallest absolute Gasteiger partial charge is 0.339 e. The number of hydrogen-bond donors (Lipinski definition) is 0. The van der Waals surface area contributed by atoms with E-state index in [0.29, 0.717) is 12.0 Å². The highest BCUT2D eigenvalue weighted by Crippen LogP contribution is 2.16. The molecule has 2 rings (SSSR count). The lowest BCUT2D eigenvalue weighted by molar-refractivity contribution is 0.0434. The highest BCUT2D eigenvalue weighted by molar-refractivity contribution is 5.91. The van der Waals surface area contributed by atoms with Gasteiger partial charge in [-0.1, -0.05) is 48.5 Å². The van der Waals surface area contributed by atoms with Gasteiger partial charge in [-0.25, -0.2) is 4.79 Å². The quantitative estimate of drug-likeness (QED) is 0.796. The minimum atomic E-state index is -0.743. The van der Waals surface area contributed by atoms with E-state index in [1.165, 1.54) is 0 Å². The van der Waals surface area contributed by atoms with E-state index in [4.69, 9.17) is 10.00 Å². The maximum absolute atomic E-state index is 12.1. The first-order valence-corrected chi connectivity index (χ1v) is 6.43. The lowest BCUT2D eigenvalue weighted by atomic mass is 10.00. The molecule has 0 heterocycles. The highest BCUT2D eigenvalue weighted by atomic mass is 16.5. The Hall–Kier alpha value is -2.60. The van der Waals surface area contributed by atoms with Crippen LogP contribution in [-0.4, -0.2) is 12.1 Å². The Morgan fingerprint density at radius 3 is 2.50 bits per heavy atom. The molecule has 0 spiro atoms. The molecule has 0 saturated heterocycles. The average Bonchev–Trinajstić information content (AvgIpc) is 2.48. The molecule has 2 aromatic carbocycles. The molecule has 20 heavy (non-hydrogen) atoms. The summed E-state index contributed by atoms with van der Waals surface area (Å²) in [6.45, 7) is 1.55. The Balaban J connectivity index is 2.23. The van der Waals surface area contributed by atoms with Gasteiger partial charge in [0.2, 0.25) is 0 Å². The molecule has 1 atom stereocenters. The summed E-state index contributed by atoms with van der Waals surface area (Å²) < 4.78 is 5.06. The first kappa shape index (κ1) is 13.8. The largest absolute Gasteiger partial charge is 0.444 e. The van der Waals surface area contributed by atoms with Gasteiger partial charge in [0.05, 0.1) is 5.56 Å². The molecule has 0 bridgehead atoms. The van der Waals surface area contributed by atoms with E-state index < -0.39 is 12.1 Å².